The van der Waals surface area contributed by atoms with Gasteiger partial charge in [0.05, 0.1) is 5.52 Å². The highest BCUT2D eigenvalue weighted by molar-refractivity contribution is 6.17. The average molecular weight is 270 g/mol. The summed E-state index contributed by atoms with van der Waals surface area (Å²) in [4.78, 5) is 6.46. The Morgan fingerprint density at radius 1 is 1.39 bits per heavy atom. The lowest BCUT2D eigenvalue weighted by molar-refractivity contribution is 0.383. The van der Waals surface area contributed by atoms with E-state index in [4.69, 9.17) is 11.6 Å². The number of aromatic nitrogens is 2. The van der Waals surface area contributed by atoms with Gasteiger partial charge in [0, 0.05) is 25.4 Å². The topological polar surface area (TPSA) is 21.1 Å². The molecular weight excluding hydrogens is 253 g/mol. The number of rotatable bonds is 5. The number of hydrogen-bond acceptors (Lipinski definition) is 2. The molecule has 0 spiro atoms. The molecule has 2 aromatic rings. The van der Waals surface area contributed by atoms with Crippen LogP contribution in [0.2, 0.25) is 0 Å². The summed E-state index contributed by atoms with van der Waals surface area (Å²) in [6.07, 6.45) is 0.656. The van der Waals surface area contributed by atoms with Crippen molar-refractivity contribution in [2.45, 2.75) is 13.0 Å². The van der Waals surface area contributed by atoms with Gasteiger partial charge in [-0.2, -0.15) is 0 Å². The lowest BCUT2D eigenvalue weighted by Crippen LogP contribution is -2.19. The molecule has 0 bridgehead atoms. The minimum atomic E-state index is -0.271. The van der Waals surface area contributed by atoms with E-state index in [1.165, 1.54) is 6.07 Å². The number of aryl methyl sites for hydroxylation is 1. The van der Waals surface area contributed by atoms with Crippen LogP contribution in [0.1, 0.15) is 5.82 Å². The van der Waals surface area contributed by atoms with Crippen LogP contribution < -0.4 is 0 Å². The summed E-state index contributed by atoms with van der Waals surface area (Å²) in [5, 5.41) is 0. The number of fused-ring (bicyclic) bond motifs is 1. The molecule has 0 amide bonds. The molecular formula is C13H17ClFN3. The average Bonchev–Trinajstić information content (AvgIpc) is 2.66. The number of nitrogens with zero attached hydrogens (tertiary/aromatic N) is 3. The van der Waals surface area contributed by atoms with Crippen molar-refractivity contribution in [1.29, 1.82) is 0 Å². The standard InChI is InChI=1S/C13H17ClFN3/c1-17(2)8-9-18-11-5-3-4-10(15)13(11)16-12(18)6-7-14/h3-5H,6-9H2,1-2H3. The number of para-hydroxylation sites is 1. The first kappa shape index (κ1) is 13.3. The maximum absolute atomic E-state index is 13.7. The lowest BCUT2D eigenvalue weighted by atomic mass is 10.3. The van der Waals surface area contributed by atoms with E-state index >= 15 is 0 Å². The number of halogens is 2. The van der Waals surface area contributed by atoms with Gasteiger partial charge in [0.2, 0.25) is 0 Å². The van der Waals surface area contributed by atoms with Crippen LogP contribution in [0.25, 0.3) is 11.0 Å². The largest absolute Gasteiger partial charge is 0.327 e. The van der Waals surface area contributed by atoms with Gasteiger partial charge in [-0.1, -0.05) is 6.07 Å². The van der Waals surface area contributed by atoms with Crippen LogP contribution in [-0.2, 0) is 13.0 Å². The van der Waals surface area contributed by atoms with Gasteiger partial charge in [-0.05, 0) is 26.2 Å². The second kappa shape index (κ2) is 5.67. The van der Waals surface area contributed by atoms with Crippen LogP contribution in [0.4, 0.5) is 4.39 Å². The van der Waals surface area contributed by atoms with Gasteiger partial charge in [-0.25, -0.2) is 9.37 Å². The maximum Gasteiger partial charge on any atom is 0.151 e. The van der Waals surface area contributed by atoms with E-state index in [1.54, 1.807) is 6.07 Å². The Morgan fingerprint density at radius 2 is 2.17 bits per heavy atom. The summed E-state index contributed by atoms with van der Waals surface area (Å²) in [7, 11) is 4.03. The molecule has 0 saturated heterocycles. The molecule has 0 radical (unpaired) electrons. The molecule has 5 heteroatoms. The van der Waals surface area contributed by atoms with Crippen molar-refractivity contribution in [3.05, 3.63) is 29.8 Å². The maximum atomic E-state index is 13.7. The zero-order chi connectivity index (χ0) is 13.1. The van der Waals surface area contributed by atoms with Gasteiger partial charge in [0.25, 0.3) is 0 Å². The molecule has 0 aliphatic rings. The van der Waals surface area contributed by atoms with E-state index in [1.807, 2.05) is 20.2 Å². The number of benzene rings is 1. The second-order valence-corrected chi connectivity index (χ2v) is 4.91. The van der Waals surface area contributed by atoms with Crippen LogP contribution in [0.15, 0.2) is 18.2 Å². The van der Waals surface area contributed by atoms with Crippen LogP contribution in [-0.4, -0.2) is 41.0 Å². The molecule has 3 nitrogen and oxygen atoms in total. The number of likely N-dealkylation sites (N-methyl/N-ethyl adjacent to an activating group) is 1. The molecule has 0 N–H and O–H groups in total. The normalized spacial score (nSPS) is 11.6. The molecule has 1 aromatic carbocycles. The van der Waals surface area contributed by atoms with Crippen LogP contribution in [0.3, 0.4) is 0 Å². The molecule has 18 heavy (non-hydrogen) atoms. The van der Waals surface area contributed by atoms with Crippen molar-refractivity contribution in [2.24, 2.45) is 0 Å². The molecule has 1 aromatic heterocycles. The van der Waals surface area contributed by atoms with Crippen LogP contribution in [0, 0.1) is 5.82 Å². The predicted molar refractivity (Wildman–Crippen MR) is 72.7 cm³/mol. The molecule has 0 unspecified atom stereocenters. The van der Waals surface area contributed by atoms with Gasteiger partial charge in [-0.3, -0.25) is 0 Å². The Bertz CT molecular complexity index is 536. The number of alkyl halides is 1. The monoisotopic (exact) mass is 269 g/mol. The Morgan fingerprint density at radius 3 is 2.83 bits per heavy atom. The molecule has 98 valence electrons. The molecule has 0 aliphatic carbocycles. The summed E-state index contributed by atoms with van der Waals surface area (Å²) in [5.74, 6) is 1.08. The zero-order valence-corrected chi connectivity index (χ0v) is 11.4. The fourth-order valence-electron chi connectivity index (χ4n) is 1.99. The molecule has 2 rings (SSSR count). The van der Waals surface area contributed by atoms with E-state index in [-0.39, 0.29) is 5.82 Å². The van der Waals surface area contributed by atoms with E-state index in [0.29, 0.717) is 17.8 Å². The molecule has 1 heterocycles. The first-order valence-electron chi connectivity index (χ1n) is 5.98. The quantitative estimate of drug-likeness (QED) is 0.778. The van der Waals surface area contributed by atoms with Gasteiger partial charge in [0.15, 0.2) is 5.82 Å². The summed E-state index contributed by atoms with van der Waals surface area (Å²) < 4.78 is 15.8. The smallest absolute Gasteiger partial charge is 0.151 e. The number of hydrogen-bond donors (Lipinski definition) is 0. The highest BCUT2D eigenvalue weighted by Gasteiger charge is 2.13. The highest BCUT2D eigenvalue weighted by Crippen LogP contribution is 2.19. The Balaban J connectivity index is 2.45. The Kier molecular flexibility index (Phi) is 4.19. The summed E-state index contributed by atoms with van der Waals surface area (Å²) in [6.45, 7) is 1.68. The van der Waals surface area contributed by atoms with Crippen molar-refractivity contribution in [3.8, 4) is 0 Å². The fraction of sp³-hybridized carbons (Fsp3) is 0.462. The Hall–Kier alpha value is -1.13. The van der Waals surface area contributed by atoms with E-state index < -0.39 is 0 Å². The number of imidazole rings is 1. The van der Waals surface area contributed by atoms with Crippen LogP contribution in [0.5, 0.6) is 0 Å². The summed E-state index contributed by atoms with van der Waals surface area (Å²) in [5.41, 5.74) is 1.29. The molecule has 0 fully saturated rings. The van der Waals surface area contributed by atoms with Gasteiger partial charge in [-0.15, -0.1) is 11.6 Å². The zero-order valence-electron chi connectivity index (χ0n) is 10.7. The second-order valence-electron chi connectivity index (χ2n) is 4.53. The van der Waals surface area contributed by atoms with Gasteiger partial charge < -0.3 is 9.47 Å². The fourth-order valence-corrected chi connectivity index (χ4v) is 2.15. The Labute approximate surface area is 111 Å². The van der Waals surface area contributed by atoms with Crippen molar-refractivity contribution in [2.75, 3.05) is 26.5 Å². The van der Waals surface area contributed by atoms with Crippen LogP contribution >= 0.6 is 11.6 Å². The van der Waals surface area contributed by atoms with E-state index in [2.05, 4.69) is 14.5 Å². The SMILES string of the molecule is CN(C)CCn1c(CCCl)nc2c(F)cccc21. The van der Waals surface area contributed by atoms with Gasteiger partial charge >= 0.3 is 0 Å². The third-order valence-electron chi connectivity index (χ3n) is 2.90. The third-order valence-corrected chi connectivity index (χ3v) is 3.09. The van der Waals surface area contributed by atoms with Gasteiger partial charge in [0.1, 0.15) is 11.3 Å². The van der Waals surface area contributed by atoms with Crippen molar-refractivity contribution in [1.82, 2.24) is 14.5 Å². The molecule has 0 saturated carbocycles. The summed E-state index contributed by atoms with van der Waals surface area (Å²) in [6, 6.07) is 5.06. The van der Waals surface area contributed by atoms with E-state index in [0.717, 1.165) is 24.4 Å². The molecule has 0 aliphatic heterocycles. The first-order valence-corrected chi connectivity index (χ1v) is 6.51. The highest BCUT2D eigenvalue weighted by atomic mass is 35.5. The molecule has 0 atom stereocenters. The first-order chi connectivity index (χ1) is 8.63. The third kappa shape index (κ3) is 2.65. The van der Waals surface area contributed by atoms with Crippen molar-refractivity contribution < 1.29 is 4.39 Å². The van der Waals surface area contributed by atoms with E-state index in [9.17, 15) is 4.39 Å². The summed E-state index contributed by atoms with van der Waals surface area (Å²) >= 11 is 5.78. The van der Waals surface area contributed by atoms with Crippen molar-refractivity contribution >= 4 is 22.6 Å². The minimum Gasteiger partial charge on any atom is -0.327 e. The lowest BCUT2D eigenvalue weighted by Gasteiger charge is -2.12. The predicted octanol–water partition coefficient (Wildman–Crippen LogP) is 2.52. The van der Waals surface area contributed by atoms with Crippen molar-refractivity contribution in [3.63, 3.8) is 0 Å². The minimum absolute atomic E-state index is 0.271.